The molecule has 388 valence electrons. The Kier molecular flexibility index (Phi) is 53.3. The van der Waals surface area contributed by atoms with E-state index in [-0.39, 0.29) is 31.1 Å². The molecule has 0 aliphatic carbocycles. The molecule has 6 heteroatoms. The summed E-state index contributed by atoms with van der Waals surface area (Å²) in [5, 5.41) is 0. The van der Waals surface area contributed by atoms with E-state index in [1.54, 1.807) is 0 Å². The second kappa shape index (κ2) is 55.7. The van der Waals surface area contributed by atoms with Crippen molar-refractivity contribution >= 4 is 17.9 Å². The number of rotatable bonds is 52. The van der Waals surface area contributed by atoms with Crippen LogP contribution in [-0.4, -0.2) is 37.2 Å². The predicted octanol–water partition coefficient (Wildman–Crippen LogP) is 19.2. The summed E-state index contributed by atoms with van der Waals surface area (Å²) < 4.78 is 16.8. The van der Waals surface area contributed by atoms with Crippen LogP contribution in [0.15, 0.2) is 60.8 Å². The monoisotopic (exact) mass is 937 g/mol. The van der Waals surface area contributed by atoms with Crippen LogP contribution in [0.4, 0.5) is 0 Å². The number of carbonyl (C=O) groups is 3. The molecule has 0 fully saturated rings. The topological polar surface area (TPSA) is 78.9 Å². The third-order valence-corrected chi connectivity index (χ3v) is 12.5. The highest BCUT2D eigenvalue weighted by Gasteiger charge is 2.19. The van der Waals surface area contributed by atoms with Gasteiger partial charge in [-0.05, 0) is 64.2 Å². The van der Waals surface area contributed by atoms with Gasteiger partial charge in [-0.3, -0.25) is 14.4 Å². The first-order chi connectivity index (χ1) is 33.0. The molecular formula is C61H108O6. The van der Waals surface area contributed by atoms with Gasteiger partial charge in [0.25, 0.3) is 0 Å². The lowest BCUT2D eigenvalue weighted by Gasteiger charge is -2.18. The maximum atomic E-state index is 12.8. The van der Waals surface area contributed by atoms with E-state index >= 15 is 0 Å². The molecule has 0 heterocycles. The molecule has 0 saturated carbocycles. The molecule has 1 unspecified atom stereocenters. The first-order valence-corrected chi connectivity index (χ1v) is 28.8. The number of allylic oxidation sites excluding steroid dienone is 10. The second-order valence-corrected chi connectivity index (χ2v) is 19.2. The van der Waals surface area contributed by atoms with Gasteiger partial charge >= 0.3 is 17.9 Å². The number of hydrogen-bond donors (Lipinski definition) is 0. The minimum absolute atomic E-state index is 0.0726. The highest BCUT2D eigenvalue weighted by molar-refractivity contribution is 5.71. The lowest BCUT2D eigenvalue weighted by molar-refractivity contribution is -0.167. The fourth-order valence-electron chi connectivity index (χ4n) is 8.24. The van der Waals surface area contributed by atoms with Crippen LogP contribution in [0.2, 0.25) is 0 Å². The molecule has 6 nitrogen and oxygen atoms in total. The Bertz CT molecular complexity index is 1210. The van der Waals surface area contributed by atoms with E-state index in [0.717, 1.165) is 96.3 Å². The third-order valence-electron chi connectivity index (χ3n) is 12.5. The van der Waals surface area contributed by atoms with Gasteiger partial charge in [0.2, 0.25) is 0 Å². The molecule has 0 aromatic heterocycles. The predicted molar refractivity (Wildman–Crippen MR) is 288 cm³/mol. The van der Waals surface area contributed by atoms with Crippen molar-refractivity contribution in [3.8, 4) is 0 Å². The summed E-state index contributed by atoms with van der Waals surface area (Å²) in [6, 6.07) is 0. The maximum Gasteiger partial charge on any atom is 0.306 e. The van der Waals surface area contributed by atoms with Crippen LogP contribution in [0.25, 0.3) is 0 Å². The van der Waals surface area contributed by atoms with Gasteiger partial charge in [0.05, 0.1) is 0 Å². The molecule has 0 amide bonds. The Labute approximate surface area is 415 Å². The first kappa shape index (κ1) is 64.1. The van der Waals surface area contributed by atoms with Crippen molar-refractivity contribution in [3.63, 3.8) is 0 Å². The van der Waals surface area contributed by atoms with Crippen molar-refractivity contribution in [2.24, 2.45) is 0 Å². The largest absolute Gasteiger partial charge is 0.462 e. The van der Waals surface area contributed by atoms with Crippen molar-refractivity contribution in [2.45, 2.75) is 297 Å². The second-order valence-electron chi connectivity index (χ2n) is 19.2. The Balaban J connectivity index is 4.17. The summed E-state index contributed by atoms with van der Waals surface area (Å²) in [6.45, 7) is 6.51. The molecule has 1 atom stereocenters. The SMILES string of the molecule is CC/C=C\C/C=C\C/C=C\C/C=C\C/C=C\CCCCCCCCCCCC(=O)OCC(COC(=O)CCCCCCCCC)OC(=O)CCCCCCCCCCCCCCCCCCC. The highest BCUT2D eigenvalue weighted by Crippen LogP contribution is 2.16. The molecule has 0 rings (SSSR count). The van der Waals surface area contributed by atoms with Crippen molar-refractivity contribution in [3.05, 3.63) is 60.8 Å². The van der Waals surface area contributed by atoms with Gasteiger partial charge in [0, 0.05) is 19.3 Å². The van der Waals surface area contributed by atoms with Crippen molar-refractivity contribution in [2.75, 3.05) is 13.2 Å². The zero-order valence-corrected chi connectivity index (χ0v) is 44.4. The lowest BCUT2D eigenvalue weighted by Crippen LogP contribution is -2.30. The van der Waals surface area contributed by atoms with Crippen LogP contribution in [0.5, 0.6) is 0 Å². The average molecular weight is 938 g/mol. The normalized spacial score (nSPS) is 12.5. The van der Waals surface area contributed by atoms with Gasteiger partial charge < -0.3 is 14.2 Å². The molecule has 0 aliphatic heterocycles. The Morgan fingerprint density at radius 2 is 0.582 bits per heavy atom. The van der Waals surface area contributed by atoms with Crippen LogP contribution < -0.4 is 0 Å². The van der Waals surface area contributed by atoms with E-state index in [1.165, 1.54) is 154 Å². The summed E-state index contributed by atoms with van der Waals surface area (Å²) in [7, 11) is 0. The van der Waals surface area contributed by atoms with Gasteiger partial charge in [-0.2, -0.15) is 0 Å². The minimum Gasteiger partial charge on any atom is -0.462 e. The summed E-state index contributed by atoms with van der Waals surface area (Å²) in [5.74, 6) is -0.873. The van der Waals surface area contributed by atoms with E-state index in [1.807, 2.05) is 0 Å². The van der Waals surface area contributed by atoms with Crippen LogP contribution in [0.3, 0.4) is 0 Å². The third kappa shape index (κ3) is 53.9. The zero-order valence-electron chi connectivity index (χ0n) is 44.4. The molecular weight excluding hydrogens is 829 g/mol. The molecule has 0 radical (unpaired) electrons. The lowest BCUT2D eigenvalue weighted by atomic mass is 10.0. The van der Waals surface area contributed by atoms with Crippen molar-refractivity contribution in [1.82, 2.24) is 0 Å². The van der Waals surface area contributed by atoms with Crippen LogP contribution in [0.1, 0.15) is 290 Å². The van der Waals surface area contributed by atoms with E-state index in [4.69, 9.17) is 14.2 Å². The van der Waals surface area contributed by atoms with Gasteiger partial charge in [-0.25, -0.2) is 0 Å². The van der Waals surface area contributed by atoms with E-state index in [2.05, 4.69) is 81.5 Å². The Morgan fingerprint density at radius 3 is 0.910 bits per heavy atom. The molecule has 67 heavy (non-hydrogen) atoms. The van der Waals surface area contributed by atoms with Gasteiger partial charge in [-0.15, -0.1) is 0 Å². The number of hydrogen-bond acceptors (Lipinski definition) is 6. The summed E-state index contributed by atoms with van der Waals surface area (Å²) >= 11 is 0. The smallest absolute Gasteiger partial charge is 0.306 e. The number of carbonyl (C=O) groups excluding carboxylic acids is 3. The summed E-state index contributed by atoms with van der Waals surface area (Å²) in [5.41, 5.74) is 0. The summed E-state index contributed by atoms with van der Waals surface area (Å²) in [4.78, 5) is 37.9. The summed E-state index contributed by atoms with van der Waals surface area (Å²) in [6.07, 6.45) is 69.5. The van der Waals surface area contributed by atoms with Gasteiger partial charge in [-0.1, -0.05) is 268 Å². The van der Waals surface area contributed by atoms with Crippen LogP contribution >= 0.6 is 0 Å². The standard InChI is InChI=1S/C61H108O6/c1-4-7-10-13-16-18-20-22-24-26-27-28-29-30-31-32-33-35-36-38-40-42-45-48-51-54-60(63)66-57-58(56-65-59(62)53-50-47-44-15-12-9-6-3)67-61(64)55-52-49-46-43-41-39-37-34-25-23-21-19-17-14-11-8-5-2/h7,10,16,18,22,24,27-28,30-31,58H,4-6,8-9,11-15,17,19-21,23,25-26,29,32-57H2,1-3H3/b10-7-,18-16-,24-22-,28-27-,31-30-. The first-order valence-electron chi connectivity index (χ1n) is 28.8. The molecule has 0 spiro atoms. The molecule has 0 aromatic carbocycles. The maximum absolute atomic E-state index is 12.8. The van der Waals surface area contributed by atoms with Gasteiger partial charge in [0.1, 0.15) is 13.2 Å². The van der Waals surface area contributed by atoms with E-state index in [0.29, 0.717) is 19.3 Å². The fraction of sp³-hybridized carbons (Fsp3) is 0.787. The van der Waals surface area contributed by atoms with Crippen molar-refractivity contribution in [1.29, 1.82) is 0 Å². The number of ether oxygens (including phenoxy) is 3. The highest BCUT2D eigenvalue weighted by atomic mass is 16.6. The molecule has 0 aliphatic rings. The zero-order chi connectivity index (χ0) is 48.6. The van der Waals surface area contributed by atoms with Gasteiger partial charge in [0.15, 0.2) is 6.10 Å². The minimum atomic E-state index is -0.771. The molecule has 0 N–H and O–H groups in total. The average Bonchev–Trinajstić information content (AvgIpc) is 3.33. The molecule has 0 saturated heterocycles. The van der Waals surface area contributed by atoms with Crippen LogP contribution in [-0.2, 0) is 28.6 Å². The Morgan fingerprint density at radius 1 is 0.313 bits per heavy atom. The van der Waals surface area contributed by atoms with E-state index < -0.39 is 6.10 Å². The quantitative estimate of drug-likeness (QED) is 0.0262. The molecule has 0 aromatic rings. The number of unbranched alkanes of at least 4 members (excludes halogenated alkanes) is 31. The van der Waals surface area contributed by atoms with E-state index in [9.17, 15) is 14.4 Å². The number of esters is 3. The fourth-order valence-corrected chi connectivity index (χ4v) is 8.24. The van der Waals surface area contributed by atoms with Crippen molar-refractivity contribution < 1.29 is 28.6 Å². The molecule has 0 bridgehead atoms. The van der Waals surface area contributed by atoms with Crippen LogP contribution in [0, 0.1) is 0 Å². The Hall–Kier alpha value is -2.89.